The molecule has 0 unspecified atom stereocenters. The fourth-order valence-corrected chi connectivity index (χ4v) is 1.26. The molecule has 0 N–H and O–H groups in total. The second-order valence-corrected chi connectivity index (χ2v) is 3.81. The molecule has 2 heteroatoms. The Bertz CT molecular complexity index is 64.3. The highest BCUT2D eigenvalue weighted by molar-refractivity contribution is 5.97. The van der Waals surface area contributed by atoms with E-state index in [0.717, 1.165) is 23.0 Å². The van der Waals surface area contributed by atoms with E-state index in [0.29, 0.717) is 0 Å². The fourth-order valence-electron chi connectivity index (χ4n) is 0.976. The van der Waals surface area contributed by atoms with E-state index in [-0.39, 0.29) is 0 Å². The zero-order valence-electron chi connectivity index (χ0n) is 7.52. The van der Waals surface area contributed by atoms with Crippen molar-refractivity contribution >= 4 is 10.5 Å². The van der Waals surface area contributed by atoms with E-state index in [1.54, 1.807) is 0 Å². The van der Waals surface area contributed by atoms with Gasteiger partial charge >= 0.3 is 0 Å². The Morgan fingerprint density at radius 1 is 1.20 bits per heavy atom. The predicted molar refractivity (Wildman–Crippen MR) is 49.2 cm³/mol. The Hall–Kier alpha value is 0.177. The summed E-state index contributed by atoms with van der Waals surface area (Å²) in [7, 11) is 0.904. The van der Waals surface area contributed by atoms with Crippen molar-refractivity contribution in [1.82, 2.24) is 0 Å². The van der Waals surface area contributed by atoms with Gasteiger partial charge in [-0.2, -0.15) is 0 Å². The summed E-state index contributed by atoms with van der Waals surface area (Å²) in [5.74, 6) is 0.872. The molecule has 10 heavy (non-hydrogen) atoms. The highest BCUT2D eigenvalue weighted by atomic mass is 28.2. The molecule has 0 spiro atoms. The molecule has 0 atom stereocenters. The Morgan fingerprint density at radius 2 is 1.90 bits per heavy atom. The molecule has 62 valence electrons. The number of rotatable bonds is 6. The molecule has 0 aliphatic rings. The molecule has 0 aromatic heterocycles. The monoisotopic (exact) mass is 160 g/mol. The van der Waals surface area contributed by atoms with Gasteiger partial charge in [0.25, 0.3) is 0 Å². The molecule has 0 aromatic carbocycles. The van der Waals surface area contributed by atoms with E-state index < -0.39 is 0 Å². The van der Waals surface area contributed by atoms with Crippen LogP contribution in [0.4, 0.5) is 0 Å². The summed E-state index contributed by atoms with van der Waals surface area (Å²) in [4.78, 5) is 0. The lowest BCUT2D eigenvalue weighted by Gasteiger charge is -2.03. The minimum absolute atomic E-state index is 0.872. The molecule has 0 heterocycles. The molecule has 0 aromatic rings. The third-order valence-corrected chi connectivity index (χ3v) is 2.04. The Kier molecular flexibility index (Phi) is 7.41. The Balaban J connectivity index is 2.77. The van der Waals surface area contributed by atoms with Gasteiger partial charge in [0, 0.05) is 6.61 Å². The van der Waals surface area contributed by atoms with Crippen molar-refractivity contribution < 1.29 is 4.43 Å². The van der Waals surface area contributed by atoms with Crippen LogP contribution < -0.4 is 0 Å². The maximum atomic E-state index is 5.09. The van der Waals surface area contributed by atoms with E-state index in [9.17, 15) is 0 Å². The van der Waals surface area contributed by atoms with Gasteiger partial charge in [0.1, 0.15) is 10.5 Å². The van der Waals surface area contributed by atoms with Crippen LogP contribution in [0.5, 0.6) is 0 Å². The van der Waals surface area contributed by atoms with Gasteiger partial charge in [-0.1, -0.05) is 33.1 Å². The third kappa shape index (κ3) is 8.18. The van der Waals surface area contributed by atoms with Gasteiger partial charge in [-0.15, -0.1) is 0 Å². The highest BCUT2D eigenvalue weighted by Gasteiger charge is 1.92. The first-order chi connectivity index (χ1) is 4.77. The van der Waals surface area contributed by atoms with Crippen molar-refractivity contribution in [2.45, 2.75) is 39.5 Å². The van der Waals surface area contributed by atoms with E-state index in [1.807, 2.05) is 0 Å². The van der Waals surface area contributed by atoms with Crippen molar-refractivity contribution in [2.75, 3.05) is 6.61 Å². The molecule has 0 saturated heterocycles. The molecule has 0 rings (SSSR count). The van der Waals surface area contributed by atoms with Crippen LogP contribution in [0.25, 0.3) is 0 Å². The number of hydrogen-bond acceptors (Lipinski definition) is 1. The van der Waals surface area contributed by atoms with Crippen LogP contribution in [0.15, 0.2) is 0 Å². The van der Waals surface area contributed by atoms with Crippen molar-refractivity contribution in [1.29, 1.82) is 0 Å². The van der Waals surface area contributed by atoms with Crippen LogP contribution in [0.2, 0.25) is 0 Å². The van der Waals surface area contributed by atoms with Crippen molar-refractivity contribution in [3.05, 3.63) is 0 Å². The fraction of sp³-hybridized carbons (Fsp3) is 1.00. The lowest BCUT2D eigenvalue weighted by molar-refractivity contribution is 0.331. The normalized spacial score (nSPS) is 11.1. The van der Waals surface area contributed by atoms with E-state index >= 15 is 0 Å². The lowest BCUT2D eigenvalue weighted by atomic mass is 10.1. The van der Waals surface area contributed by atoms with Crippen molar-refractivity contribution in [3.8, 4) is 0 Å². The first-order valence-corrected chi connectivity index (χ1v) is 5.08. The topological polar surface area (TPSA) is 9.23 Å². The quantitative estimate of drug-likeness (QED) is 0.423. The molecule has 0 bridgehead atoms. The maximum absolute atomic E-state index is 5.09. The summed E-state index contributed by atoms with van der Waals surface area (Å²) in [6.45, 7) is 5.55. The van der Waals surface area contributed by atoms with Crippen molar-refractivity contribution in [3.63, 3.8) is 0 Å². The summed E-state index contributed by atoms with van der Waals surface area (Å²) in [6.07, 6.45) is 5.36. The highest BCUT2D eigenvalue weighted by Crippen LogP contribution is 2.07. The number of unbranched alkanes of at least 4 members (excludes halogenated alkanes) is 2. The largest absolute Gasteiger partial charge is 0.428 e. The summed E-state index contributed by atoms with van der Waals surface area (Å²) in [6, 6.07) is 0. The molecule has 1 nitrogen and oxygen atoms in total. The first kappa shape index (κ1) is 10.2. The van der Waals surface area contributed by atoms with E-state index in [1.165, 1.54) is 25.7 Å². The summed E-state index contributed by atoms with van der Waals surface area (Å²) in [5.41, 5.74) is 0. The summed E-state index contributed by atoms with van der Waals surface area (Å²) in [5, 5.41) is 0. The Morgan fingerprint density at radius 3 is 2.40 bits per heavy atom. The first-order valence-electron chi connectivity index (χ1n) is 4.26. The van der Waals surface area contributed by atoms with Gasteiger partial charge in [0.2, 0.25) is 0 Å². The molecule has 0 aliphatic carbocycles. The lowest BCUT2D eigenvalue weighted by Crippen LogP contribution is -1.91. The van der Waals surface area contributed by atoms with E-state index in [4.69, 9.17) is 4.43 Å². The SMILES string of the molecule is CC(C)CCCCCO[SiH3]. The zero-order valence-corrected chi connectivity index (χ0v) is 9.52. The molecule has 0 radical (unpaired) electrons. The molecule has 0 aliphatic heterocycles. The molecule has 0 fully saturated rings. The van der Waals surface area contributed by atoms with Gasteiger partial charge in [-0.25, -0.2) is 0 Å². The van der Waals surface area contributed by atoms with Crippen LogP contribution in [0.1, 0.15) is 39.5 Å². The molecular weight excluding hydrogens is 140 g/mol. The standard InChI is InChI=1S/C8H20OSi/c1-8(2)6-4-3-5-7-9-10/h8H,3-7H2,1-2,10H3. The second-order valence-electron chi connectivity index (χ2n) is 3.24. The van der Waals surface area contributed by atoms with Crippen LogP contribution in [0, 0.1) is 5.92 Å². The molecule has 0 amide bonds. The average molecular weight is 160 g/mol. The van der Waals surface area contributed by atoms with Gasteiger partial charge in [0.15, 0.2) is 0 Å². The smallest absolute Gasteiger partial charge is 0.145 e. The van der Waals surface area contributed by atoms with Gasteiger partial charge < -0.3 is 4.43 Å². The van der Waals surface area contributed by atoms with Gasteiger partial charge in [0.05, 0.1) is 0 Å². The van der Waals surface area contributed by atoms with Gasteiger partial charge in [-0.05, 0) is 12.3 Å². The van der Waals surface area contributed by atoms with Crippen molar-refractivity contribution in [2.24, 2.45) is 5.92 Å². The maximum Gasteiger partial charge on any atom is 0.145 e. The average Bonchev–Trinajstić information content (AvgIpc) is 1.87. The van der Waals surface area contributed by atoms with Gasteiger partial charge in [-0.3, -0.25) is 0 Å². The predicted octanol–water partition coefficient (Wildman–Crippen LogP) is 1.50. The third-order valence-electron chi connectivity index (χ3n) is 1.63. The second kappa shape index (κ2) is 7.29. The van der Waals surface area contributed by atoms with Crippen LogP contribution in [-0.4, -0.2) is 17.1 Å². The molecule has 0 saturated carbocycles. The van der Waals surface area contributed by atoms with Crippen LogP contribution >= 0.6 is 0 Å². The zero-order chi connectivity index (χ0) is 7.82. The molecular formula is C8H20OSi. The minimum atomic E-state index is 0.872. The summed E-state index contributed by atoms with van der Waals surface area (Å²) >= 11 is 0. The minimum Gasteiger partial charge on any atom is -0.428 e. The summed E-state index contributed by atoms with van der Waals surface area (Å²) < 4.78 is 5.09. The number of hydrogen-bond donors (Lipinski definition) is 0. The van der Waals surface area contributed by atoms with Crippen LogP contribution in [0.3, 0.4) is 0 Å². The van der Waals surface area contributed by atoms with Crippen LogP contribution in [-0.2, 0) is 4.43 Å². The Labute approximate surface area is 67.7 Å². The van der Waals surface area contributed by atoms with E-state index in [2.05, 4.69) is 13.8 Å².